The monoisotopic (exact) mass is 221 g/mol. The summed E-state index contributed by atoms with van der Waals surface area (Å²) in [6, 6.07) is -0.931. The van der Waals surface area contributed by atoms with Crippen LogP contribution in [0.3, 0.4) is 0 Å². The number of nitrogens with zero attached hydrogens (tertiary/aromatic N) is 3. The number of rotatable bonds is 4. The summed E-state index contributed by atoms with van der Waals surface area (Å²) in [5.41, 5.74) is 6.02. The van der Waals surface area contributed by atoms with Crippen LogP contribution in [0.25, 0.3) is 5.95 Å². The van der Waals surface area contributed by atoms with Gasteiger partial charge in [-0.25, -0.2) is 9.97 Å². The third-order valence-electron chi connectivity index (χ3n) is 2.11. The molecular formula is C9H11N5O2. The van der Waals surface area contributed by atoms with Gasteiger partial charge in [0.05, 0.1) is 5.69 Å². The minimum atomic E-state index is -1.03. The average Bonchev–Trinajstić information content (AvgIpc) is 2.85. The minimum absolute atomic E-state index is 0.197. The van der Waals surface area contributed by atoms with Crippen LogP contribution in [0.2, 0.25) is 0 Å². The fourth-order valence-corrected chi connectivity index (χ4v) is 1.30. The number of carbonyl (C=O) groups is 1. The second kappa shape index (κ2) is 4.15. The van der Waals surface area contributed by atoms with Crippen molar-refractivity contribution in [2.75, 3.05) is 0 Å². The number of aromatic nitrogens is 4. The molecule has 1 atom stereocenters. The maximum atomic E-state index is 10.6. The lowest BCUT2D eigenvalue weighted by Crippen LogP contribution is -2.32. The van der Waals surface area contributed by atoms with Gasteiger partial charge in [-0.05, 0) is 0 Å². The Hall–Kier alpha value is -2.15. The Labute approximate surface area is 90.9 Å². The molecule has 0 aliphatic rings. The Morgan fingerprint density at radius 2 is 2.44 bits per heavy atom. The van der Waals surface area contributed by atoms with E-state index in [1.165, 1.54) is 0 Å². The smallest absolute Gasteiger partial charge is 0.320 e. The summed E-state index contributed by atoms with van der Waals surface area (Å²) in [7, 11) is 0. The minimum Gasteiger partial charge on any atom is -0.480 e. The molecular weight excluding hydrogens is 210 g/mol. The van der Waals surface area contributed by atoms with Gasteiger partial charge in [0.25, 0.3) is 0 Å². The SMILES string of the molecule is N[C@@H](Cc1cn(-c2ncc[nH]2)cn1)C(=O)O. The van der Waals surface area contributed by atoms with Crippen LogP contribution < -0.4 is 5.73 Å². The van der Waals surface area contributed by atoms with E-state index in [0.29, 0.717) is 11.6 Å². The Morgan fingerprint density at radius 3 is 3.06 bits per heavy atom. The first-order chi connectivity index (χ1) is 7.66. The molecule has 7 heteroatoms. The molecule has 84 valence electrons. The molecule has 0 saturated heterocycles. The third kappa shape index (κ3) is 2.09. The number of hydrogen-bond donors (Lipinski definition) is 3. The van der Waals surface area contributed by atoms with Crippen molar-refractivity contribution in [2.24, 2.45) is 5.73 Å². The first kappa shape index (κ1) is 10.4. The van der Waals surface area contributed by atoms with Crippen molar-refractivity contribution in [1.29, 1.82) is 0 Å². The number of nitrogens with one attached hydrogen (secondary N) is 1. The molecule has 0 aliphatic carbocycles. The quantitative estimate of drug-likeness (QED) is 0.647. The van der Waals surface area contributed by atoms with E-state index < -0.39 is 12.0 Å². The van der Waals surface area contributed by atoms with Crippen molar-refractivity contribution in [3.8, 4) is 5.95 Å². The predicted molar refractivity (Wildman–Crippen MR) is 55.0 cm³/mol. The van der Waals surface area contributed by atoms with Crippen LogP contribution in [0.5, 0.6) is 0 Å². The Bertz CT molecular complexity index is 476. The van der Waals surface area contributed by atoms with Crippen molar-refractivity contribution < 1.29 is 9.90 Å². The second-order valence-electron chi connectivity index (χ2n) is 3.33. The standard InChI is InChI=1S/C9H11N5O2/c10-7(8(15)16)3-6-4-14(5-13-6)9-11-1-2-12-9/h1-2,4-5,7H,3,10H2,(H,11,12)(H,15,16)/t7-/m0/s1. The molecule has 2 aromatic rings. The highest BCUT2D eigenvalue weighted by atomic mass is 16.4. The zero-order chi connectivity index (χ0) is 11.5. The molecule has 0 aliphatic heterocycles. The Balaban J connectivity index is 2.11. The first-order valence-corrected chi connectivity index (χ1v) is 4.68. The number of carboxylic acids is 1. The van der Waals surface area contributed by atoms with Gasteiger partial charge >= 0.3 is 5.97 Å². The van der Waals surface area contributed by atoms with Gasteiger partial charge in [0, 0.05) is 25.0 Å². The number of aromatic amines is 1. The Kier molecular flexibility index (Phi) is 2.69. The van der Waals surface area contributed by atoms with Crippen molar-refractivity contribution in [3.05, 3.63) is 30.6 Å². The molecule has 4 N–H and O–H groups in total. The fraction of sp³-hybridized carbons (Fsp3) is 0.222. The van der Waals surface area contributed by atoms with Gasteiger partial charge < -0.3 is 15.8 Å². The molecule has 0 radical (unpaired) electrons. The predicted octanol–water partition coefficient (Wildman–Crippen LogP) is -0.450. The van der Waals surface area contributed by atoms with E-state index in [1.54, 1.807) is 29.5 Å². The number of nitrogens with two attached hydrogens (primary N) is 1. The number of H-pyrrole nitrogens is 1. The van der Waals surface area contributed by atoms with Gasteiger partial charge in [-0.3, -0.25) is 9.36 Å². The Morgan fingerprint density at radius 1 is 1.62 bits per heavy atom. The van der Waals surface area contributed by atoms with E-state index >= 15 is 0 Å². The van der Waals surface area contributed by atoms with Crippen molar-refractivity contribution >= 4 is 5.97 Å². The lowest BCUT2D eigenvalue weighted by molar-refractivity contribution is -0.138. The average molecular weight is 221 g/mol. The highest BCUT2D eigenvalue weighted by Crippen LogP contribution is 2.04. The van der Waals surface area contributed by atoms with E-state index in [-0.39, 0.29) is 6.42 Å². The van der Waals surface area contributed by atoms with Crippen LogP contribution in [-0.2, 0) is 11.2 Å². The van der Waals surface area contributed by atoms with Gasteiger partial charge in [-0.15, -0.1) is 0 Å². The largest absolute Gasteiger partial charge is 0.480 e. The molecule has 0 aromatic carbocycles. The first-order valence-electron chi connectivity index (χ1n) is 4.68. The topological polar surface area (TPSA) is 110 Å². The second-order valence-corrected chi connectivity index (χ2v) is 3.33. The van der Waals surface area contributed by atoms with Gasteiger partial charge in [-0.2, -0.15) is 0 Å². The summed E-state index contributed by atoms with van der Waals surface area (Å²) in [4.78, 5) is 21.6. The van der Waals surface area contributed by atoms with Crippen molar-refractivity contribution in [2.45, 2.75) is 12.5 Å². The van der Waals surface area contributed by atoms with Gasteiger partial charge in [0.1, 0.15) is 12.4 Å². The van der Waals surface area contributed by atoms with E-state index in [0.717, 1.165) is 0 Å². The summed E-state index contributed by atoms with van der Waals surface area (Å²) < 4.78 is 1.67. The molecule has 0 bridgehead atoms. The molecule has 0 saturated carbocycles. The summed E-state index contributed by atoms with van der Waals surface area (Å²) in [5, 5.41) is 8.66. The van der Waals surface area contributed by atoms with Crippen LogP contribution >= 0.6 is 0 Å². The maximum Gasteiger partial charge on any atom is 0.320 e. The molecule has 0 unspecified atom stereocenters. The zero-order valence-corrected chi connectivity index (χ0v) is 8.37. The van der Waals surface area contributed by atoms with Crippen LogP contribution in [0.15, 0.2) is 24.9 Å². The fourth-order valence-electron chi connectivity index (χ4n) is 1.30. The van der Waals surface area contributed by atoms with Crippen LogP contribution in [0, 0.1) is 0 Å². The zero-order valence-electron chi connectivity index (χ0n) is 8.37. The molecule has 7 nitrogen and oxygen atoms in total. The molecule has 2 rings (SSSR count). The maximum absolute atomic E-state index is 10.6. The van der Waals surface area contributed by atoms with Crippen LogP contribution in [0.4, 0.5) is 0 Å². The lowest BCUT2D eigenvalue weighted by Gasteiger charge is -2.02. The van der Waals surface area contributed by atoms with Crippen molar-refractivity contribution in [1.82, 2.24) is 19.5 Å². The van der Waals surface area contributed by atoms with E-state index in [2.05, 4.69) is 15.0 Å². The van der Waals surface area contributed by atoms with Crippen LogP contribution in [-0.4, -0.2) is 36.6 Å². The third-order valence-corrected chi connectivity index (χ3v) is 2.11. The van der Waals surface area contributed by atoms with Gasteiger partial charge in [-0.1, -0.05) is 0 Å². The number of imidazole rings is 2. The molecule has 2 heterocycles. The van der Waals surface area contributed by atoms with Crippen molar-refractivity contribution in [3.63, 3.8) is 0 Å². The highest BCUT2D eigenvalue weighted by molar-refractivity contribution is 5.73. The van der Waals surface area contributed by atoms with Gasteiger partial charge in [0.2, 0.25) is 5.95 Å². The molecule has 0 fully saturated rings. The van der Waals surface area contributed by atoms with E-state index in [9.17, 15) is 4.79 Å². The van der Waals surface area contributed by atoms with Crippen LogP contribution in [0.1, 0.15) is 5.69 Å². The molecule has 2 aromatic heterocycles. The van der Waals surface area contributed by atoms with E-state index in [4.69, 9.17) is 10.8 Å². The number of hydrogen-bond acceptors (Lipinski definition) is 4. The normalized spacial score (nSPS) is 12.6. The number of aliphatic carboxylic acids is 1. The summed E-state index contributed by atoms with van der Waals surface area (Å²) >= 11 is 0. The molecule has 0 amide bonds. The van der Waals surface area contributed by atoms with Gasteiger partial charge in [0.15, 0.2) is 0 Å². The lowest BCUT2D eigenvalue weighted by atomic mass is 10.2. The van der Waals surface area contributed by atoms with E-state index in [1.807, 2.05) is 0 Å². The summed E-state index contributed by atoms with van der Waals surface area (Å²) in [5.74, 6) is -0.407. The molecule has 0 spiro atoms. The molecule has 16 heavy (non-hydrogen) atoms. The summed E-state index contributed by atoms with van der Waals surface area (Å²) in [6.07, 6.45) is 6.77. The summed E-state index contributed by atoms with van der Waals surface area (Å²) in [6.45, 7) is 0. The number of carboxylic acid groups (broad SMARTS) is 1. The highest BCUT2D eigenvalue weighted by Gasteiger charge is 2.14.